The Balaban J connectivity index is 2.06. The van der Waals surface area contributed by atoms with Crippen molar-refractivity contribution in [2.45, 2.75) is 31.2 Å². The number of thioether (sulfide) groups is 1. The van der Waals surface area contributed by atoms with Crippen LogP contribution in [0.25, 0.3) is 0 Å². The number of fused-ring (bicyclic) bond motifs is 1. The predicted molar refractivity (Wildman–Crippen MR) is 75.5 cm³/mol. The molecule has 1 aromatic carbocycles. The smallest absolute Gasteiger partial charge is 0.224 e. The van der Waals surface area contributed by atoms with Gasteiger partial charge in [0.25, 0.3) is 0 Å². The standard InChI is InChI=1S/C14H20N2OS/c1-14(2,13(15)17)9-16-11-7-8-18-12-6-4-3-5-10(11)12/h3-6,11,16H,7-9H2,1-2H3,(H2,15,17). The quantitative estimate of drug-likeness (QED) is 0.877. The van der Waals surface area contributed by atoms with Crippen molar-refractivity contribution in [1.82, 2.24) is 5.32 Å². The van der Waals surface area contributed by atoms with Gasteiger partial charge in [-0.05, 0) is 37.7 Å². The third-order valence-electron chi connectivity index (χ3n) is 3.42. The summed E-state index contributed by atoms with van der Waals surface area (Å²) in [5.41, 5.74) is 6.24. The van der Waals surface area contributed by atoms with Crippen molar-refractivity contribution in [3.05, 3.63) is 29.8 Å². The predicted octanol–water partition coefficient (Wildman–Crippen LogP) is 2.32. The maximum Gasteiger partial charge on any atom is 0.224 e. The Bertz CT molecular complexity index is 445. The molecule has 1 aromatic rings. The number of nitrogens with one attached hydrogen (secondary N) is 1. The van der Waals surface area contributed by atoms with E-state index in [0.29, 0.717) is 12.6 Å². The number of benzene rings is 1. The van der Waals surface area contributed by atoms with Gasteiger partial charge in [-0.3, -0.25) is 4.79 Å². The van der Waals surface area contributed by atoms with E-state index >= 15 is 0 Å². The van der Waals surface area contributed by atoms with Gasteiger partial charge < -0.3 is 11.1 Å². The summed E-state index contributed by atoms with van der Waals surface area (Å²) < 4.78 is 0. The second-order valence-corrected chi connectivity index (χ2v) is 6.49. The molecule has 0 fully saturated rings. The van der Waals surface area contributed by atoms with E-state index in [-0.39, 0.29) is 5.91 Å². The first-order chi connectivity index (χ1) is 8.50. The van der Waals surface area contributed by atoms with Crippen LogP contribution in [0.3, 0.4) is 0 Å². The van der Waals surface area contributed by atoms with Crippen molar-refractivity contribution in [2.24, 2.45) is 11.1 Å². The zero-order chi connectivity index (χ0) is 13.2. The van der Waals surface area contributed by atoms with E-state index in [4.69, 9.17) is 5.73 Å². The zero-order valence-corrected chi connectivity index (χ0v) is 11.7. The molecule has 0 saturated heterocycles. The van der Waals surface area contributed by atoms with Gasteiger partial charge in [-0.25, -0.2) is 0 Å². The highest BCUT2D eigenvalue weighted by Gasteiger charge is 2.27. The van der Waals surface area contributed by atoms with Gasteiger partial charge in [0, 0.05) is 17.5 Å². The summed E-state index contributed by atoms with van der Waals surface area (Å²) in [4.78, 5) is 12.7. The molecular weight excluding hydrogens is 244 g/mol. The molecular formula is C14H20N2OS. The first kappa shape index (κ1) is 13.4. The van der Waals surface area contributed by atoms with E-state index < -0.39 is 5.41 Å². The largest absolute Gasteiger partial charge is 0.369 e. The number of rotatable bonds is 4. The van der Waals surface area contributed by atoms with Gasteiger partial charge in [0.2, 0.25) is 5.91 Å². The molecule has 1 unspecified atom stereocenters. The SMILES string of the molecule is CC(C)(CNC1CCSc2ccccc21)C(N)=O. The molecule has 1 aliphatic heterocycles. The van der Waals surface area contributed by atoms with Crippen LogP contribution in [-0.2, 0) is 4.79 Å². The van der Waals surface area contributed by atoms with Crippen LogP contribution in [0.1, 0.15) is 31.9 Å². The Kier molecular flexibility index (Phi) is 3.97. The Morgan fingerprint density at radius 1 is 1.50 bits per heavy atom. The number of nitrogens with two attached hydrogens (primary N) is 1. The summed E-state index contributed by atoms with van der Waals surface area (Å²) in [5, 5.41) is 3.49. The molecule has 1 heterocycles. The molecule has 0 spiro atoms. The molecule has 3 N–H and O–H groups in total. The van der Waals surface area contributed by atoms with Gasteiger partial charge in [0.1, 0.15) is 0 Å². The Hall–Kier alpha value is -1.00. The van der Waals surface area contributed by atoms with Crippen LogP contribution in [0.5, 0.6) is 0 Å². The first-order valence-electron chi connectivity index (χ1n) is 6.26. The molecule has 3 nitrogen and oxygen atoms in total. The van der Waals surface area contributed by atoms with Gasteiger partial charge in [-0.1, -0.05) is 18.2 Å². The van der Waals surface area contributed by atoms with Gasteiger partial charge >= 0.3 is 0 Å². The van der Waals surface area contributed by atoms with E-state index in [1.807, 2.05) is 25.6 Å². The second kappa shape index (κ2) is 5.33. The highest BCUT2D eigenvalue weighted by Crippen LogP contribution is 2.36. The van der Waals surface area contributed by atoms with E-state index in [9.17, 15) is 4.79 Å². The van der Waals surface area contributed by atoms with E-state index in [1.54, 1.807) is 0 Å². The van der Waals surface area contributed by atoms with Crippen molar-refractivity contribution in [1.29, 1.82) is 0 Å². The molecule has 1 aliphatic rings. The number of hydrogen-bond acceptors (Lipinski definition) is 3. The zero-order valence-electron chi connectivity index (χ0n) is 10.9. The minimum absolute atomic E-state index is 0.256. The average Bonchev–Trinajstić information content (AvgIpc) is 2.36. The van der Waals surface area contributed by atoms with Gasteiger partial charge in [0.15, 0.2) is 0 Å². The molecule has 0 radical (unpaired) electrons. The lowest BCUT2D eigenvalue weighted by Crippen LogP contribution is -2.42. The average molecular weight is 264 g/mol. The molecule has 0 saturated carbocycles. The number of hydrogen-bond donors (Lipinski definition) is 2. The van der Waals surface area contributed by atoms with E-state index in [0.717, 1.165) is 12.2 Å². The second-order valence-electron chi connectivity index (χ2n) is 5.36. The molecule has 4 heteroatoms. The van der Waals surface area contributed by atoms with Crippen LogP contribution in [0.2, 0.25) is 0 Å². The summed E-state index contributed by atoms with van der Waals surface area (Å²) in [6, 6.07) is 8.80. The van der Waals surface area contributed by atoms with E-state index in [1.165, 1.54) is 10.5 Å². The van der Waals surface area contributed by atoms with Gasteiger partial charge in [0.05, 0.1) is 5.41 Å². The van der Waals surface area contributed by atoms with Crippen molar-refractivity contribution in [2.75, 3.05) is 12.3 Å². The highest BCUT2D eigenvalue weighted by atomic mass is 32.2. The van der Waals surface area contributed by atoms with Crippen LogP contribution in [0, 0.1) is 5.41 Å². The molecule has 18 heavy (non-hydrogen) atoms. The van der Waals surface area contributed by atoms with Crippen LogP contribution in [0.4, 0.5) is 0 Å². The molecule has 0 bridgehead atoms. The summed E-state index contributed by atoms with van der Waals surface area (Å²) >= 11 is 1.90. The fourth-order valence-electron chi connectivity index (χ4n) is 2.02. The molecule has 0 aliphatic carbocycles. The summed E-state index contributed by atoms with van der Waals surface area (Å²) in [5.74, 6) is 0.861. The monoisotopic (exact) mass is 264 g/mol. The molecule has 98 valence electrons. The number of carbonyl (C=O) groups is 1. The van der Waals surface area contributed by atoms with Crippen molar-refractivity contribution < 1.29 is 4.79 Å². The number of carbonyl (C=O) groups excluding carboxylic acids is 1. The lowest BCUT2D eigenvalue weighted by atomic mass is 9.91. The molecule has 2 rings (SSSR count). The van der Waals surface area contributed by atoms with Crippen molar-refractivity contribution >= 4 is 17.7 Å². The minimum Gasteiger partial charge on any atom is -0.369 e. The molecule has 0 aromatic heterocycles. The van der Waals surface area contributed by atoms with Crippen molar-refractivity contribution in [3.8, 4) is 0 Å². The number of amides is 1. The Labute approximate surface area is 113 Å². The fraction of sp³-hybridized carbons (Fsp3) is 0.500. The van der Waals surface area contributed by atoms with Gasteiger partial charge in [-0.2, -0.15) is 0 Å². The normalized spacial score (nSPS) is 19.3. The molecule has 1 atom stereocenters. The van der Waals surface area contributed by atoms with Crippen LogP contribution >= 0.6 is 11.8 Å². The number of primary amides is 1. The minimum atomic E-state index is -0.500. The summed E-state index contributed by atoms with van der Waals surface area (Å²) in [7, 11) is 0. The lowest BCUT2D eigenvalue weighted by molar-refractivity contribution is -0.125. The topological polar surface area (TPSA) is 55.1 Å². The van der Waals surface area contributed by atoms with Crippen LogP contribution in [-0.4, -0.2) is 18.2 Å². The Morgan fingerprint density at radius 3 is 2.94 bits per heavy atom. The van der Waals surface area contributed by atoms with Crippen molar-refractivity contribution in [3.63, 3.8) is 0 Å². The summed E-state index contributed by atoms with van der Waals surface area (Å²) in [6.07, 6.45) is 1.09. The third kappa shape index (κ3) is 2.87. The summed E-state index contributed by atoms with van der Waals surface area (Å²) in [6.45, 7) is 4.38. The maximum absolute atomic E-state index is 11.3. The fourth-order valence-corrected chi connectivity index (χ4v) is 3.14. The molecule has 1 amide bonds. The van der Waals surface area contributed by atoms with E-state index in [2.05, 4.69) is 29.6 Å². The Morgan fingerprint density at radius 2 is 2.22 bits per heavy atom. The van der Waals surface area contributed by atoms with Crippen LogP contribution < -0.4 is 11.1 Å². The van der Waals surface area contributed by atoms with Gasteiger partial charge in [-0.15, -0.1) is 11.8 Å². The third-order valence-corrected chi connectivity index (χ3v) is 4.54. The highest BCUT2D eigenvalue weighted by molar-refractivity contribution is 7.99. The lowest BCUT2D eigenvalue weighted by Gasteiger charge is -2.29. The van der Waals surface area contributed by atoms with Crippen LogP contribution in [0.15, 0.2) is 29.2 Å². The maximum atomic E-state index is 11.3. The first-order valence-corrected chi connectivity index (χ1v) is 7.24.